The number of carbonyl (C=O) groups is 1. The van der Waals surface area contributed by atoms with Gasteiger partial charge in [-0.15, -0.1) is 0 Å². The molecular formula is C18H24N6O. The number of nitrogens with zero attached hydrogens (tertiary/aromatic N) is 3. The molecule has 2 amide bonds. The van der Waals surface area contributed by atoms with Crippen molar-refractivity contribution in [3.63, 3.8) is 0 Å². The highest BCUT2D eigenvalue weighted by Gasteiger charge is 2.16. The first-order valence-corrected chi connectivity index (χ1v) is 8.44. The van der Waals surface area contributed by atoms with Gasteiger partial charge in [-0.25, -0.2) is 9.48 Å². The van der Waals surface area contributed by atoms with E-state index in [1.54, 1.807) is 4.68 Å². The number of nitriles is 1. The molecule has 0 spiro atoms. The molecule has 0 aliphatic heterocycles. The van der Waals surface area contributed by atoms with Crippen LogP contribution in [0.2, 0.25) is 0 Å². The number of rotatable bonds is 7. The van der Waals surface area contributed by atoms with Gasteiger partial charge in [0.25, 0.3) is 0 Å². The summed E-state index contributed by atoms with van der Waals surface area (Å²) >= 11 is 0. The SMILES string of the molecule is CCC(C)NC(=O)NCCCc1nn(-c2ccccc2)c(N)c1C#N. The summed E-state index contributed by atoms with van der Waals surface area (Å²) in [5.74, 6) is 0.339. The summed E-state index contributed by atoms with van der Waals surface area (Å²) < 4.78 is 1.58. The van der Waals surface area contributed by atoms with Crippen LogP contribution in [0.4, 0.5) is 10.6 Å². The van der Waals surface area contributed by atoms with Gasteiger partial charge >= 0.3 is 6.03 Å². The van der Waals surface area contributed by atoms with Crippen molar-refractivity contribution in [2.24, 2.45) is 0 Å². The van der Waals surface area contributed by atoms with Crippen LogP contribution in [-0.4, -0.2) is 28.4 Å². The van der Waals surface area contributed by atoms with Crippen LogP contribution < -0.4 is 16.4 Å². The van der Waals surface area contributed by atoms with E-state index in [2.05, 4.69) is 21.8 Å². The van der Waals surface area contributed by atoms with Gasteiger partial charge in [0.1, 0.15) is 17.5 Å². The standard InChI is InChI=1S/C18H24N6O/c1-3-13(2)22-18(25)21-11-7-10-16-15(12-19)17(20)24(23-16)14-8-5-4-6-9-14/h4-6,8-9,13H,3,7,10-11,20H2,1-2H3,(H2,21,22,25). The van der Waals surface area contributed by atoms with E-state index in [0.29, 0.717) is 36.5 Å². The minimum atomic E-state index is -0.177. The molecule has 1 unspecified atom stereocenters. The summed E-state index contributed by atoms with van der Waals surface area (Å²) in [6, 6.07) is 11.6. The van der Waals surface area contributed by atoms with Crippen LogP contribution in [-0.2, 0) is 6.42 Å². The van der Waals surface area contributed by atoms with Crippen LogP contribution in [0, 0.1) is 11.3 Å². The smallest absolute Gasteiger partial charge is 0.314 e. The number of hydrogen-bond donors (Lipinski definition) is 3. The summed E-state index contributed by atoms with van der Waals surface area (Å²) in [6.45, 7) is 4.48. The van der Waals surface area contributed by atoms with Crippen molar-refractivity contribution in [3.05, 3.63) is 41.6 Å². The second kappa shape index (κ2) is 8.73. The van der Waals surface area contributed by atoms with Gasteiger partial charge in [-0.05, 0) is 38.3 Å². The van der Waals surface area contributed by atoms with E-state index < -0.39 is 0 Å². The van der Waals surface area contributed by atoms with Crippen molar-refractivity contribution in [1.29, 1.82) is 5.26 Å². The molecule has 25 heavy (non-hydrogen) atoms. The molecule has 7 nitrogen and oxygen atoms in total. The molecule has 1 atom stereocenters. The number of nitrogens with two attached hydrogens (primary N) is 1. The molecule has 1 aromatic heterocycles. The molecule has 1 aromatic carbocycles. The highest BCUT2D eigenvalue weighted by molar-refractivity contribution is 5.74. The molecule has 7 heteroatoms. The topological polar surface area (TPSA) is 109 Å². The van der Waals surface area contributed by atoms with Gasteiger partial charge in [0.05, 0.1) is 11.4 Å². The maximum atomic E-state index is 11.7. The third kappa shape index (κ3) is 4.73. The number of aryl methyl sites for hydroxylation is 1. The monoisotopic (exact) mass is 340 g/mol. The zero-order valence-corrected chi connectivity index (χ0v) is 14.6. The molecule has 0 saturated heterocycles. The number of nitrogens with one attached hydrogen (secondary N) is 2. The van der Waals surface area contributed by atoms with Gasteiger partial charge in [-0.2, -0.15) is 10.4 Å². The molecule has 4 N–H and O–H groups in total. The maximum absolute atomic E-state index is 11.7. The van der Waals surface area contributed by atoms with E-state index >= 15 is 0 Å². The summed E-state index contributed by atoms with van der Waals surface area (Å²) in [5, 5.41) is 19.5. The van der Waals surface area contributed by atoms with Crippen molar-refractivity contribution in [3.8, 4) is 11.8 Å². The van der Waals surface area contributed by atoms with Crippen molar-refractivity contribution < 1.29 is 4.79 Å². The van der Waals surface area contributed by atoms with Crippen molar-refractivity contribution in [2.45, 2.75) is 39.2 Å². The Labute approximate surface area is 147 Å². The number of urea groups is 1. The number of benzene rings is 1. The zero-order valence-electron chi connectivity index (χ0n) is 14.6. The zero-order chi connectivity index (χ0) is 18.2. The predicted molar refractivity (Wildman–Crippen MR) is 97.3 cm³/mol. The fourth-order valence-electron chi connectivity index (χ4n) is 2.38. The number of carbonyl (C=O) groups excluding carboxylic acids is 1. The van der Waals surface area contributed by atoms with Crippen molar-refractivity contribution in [2.75, 3.05) is 12.3 Å². The predicted octanol–water partition coefficient (Wildman–Crippen LogP) is 2.36. The van der Waals surface area contributed by atoms with Crippen molar-refractivity contribution in [1.82, 2.24) is 20.4 Å². The first kappa shape index (κ1) is 18.3. The third-order valence-corrected chi connectivity index (χ3v) is 3.97. The van der Waals surface area contributed by atoms with Gasteiger partial charge in [0, 0.05) is 12.6 Å². The lowest BCUT2D eigenvalue weighted by atomic mass is 10.1. The minimum absolute atomic E-state index is 0.145. The normalized spacial score (nSPS) is 11.6. The highest BCUT2D eigenvalue weighted by Crippen LogP contribution is 2.21. The van der Waals surface area contributed by atoms with Crippen LogP contribution in [0.1, 0.15) is 37.9 Å². The van der Waals surface area contributed by atoms with Crippen LogP contribution >= 0.6 is 0 Å². The Morgan fingerprint density at radius 2 is 2.12 bits per heavy atom. The van der Waals surface area contributed by atoms with Gasteiger partial charge in [0.15, 0.2) is 0 Å². The Kier molecular flexibility index (Phi) is 6.40. The number of amides is 2. The van der Waals surface area contributed by atoms with Gasteiger partial charge < -0.3 is 16.4 Å². The molecule has 0 bridgehead atoms. The van der Waals surface area contributed by atoms with Gasteiger partial charge in [-0.3, -0.25) is 0 Å². The molecule has 0 radical (unpaired) electrons. The summed E-state index contributed by atoms with van der Waals surface area (Å²) in [5.41, 5.74) is 7.92. The van der Waals surface area contributed by atoms with E-state index in [4.69, 9.17) is 5.73 Å². The molecular weight excluding hydrogens is 316 g/mol. The Morgan fingerprint density at radius 1 is 1.40 bits per heavy atom. The summed E-state index contributed by atoms with van der Waals surface area (Å²) in [6.07, 6.45) is 2.12. The lowest BCUT2D eigenvalue weighted by Crippen LogP contribution is -2.40. The molecule has 0 fully saturated rings. The lowest BCUT2D eigenvalue weighted by molar-refractivity contribution is 0.237. The van der Waals surface area contributed by atoms with Crippen LogP contribution in [0.15, 0.2) is 30.3 Å². The summed E-state index contributed by atoms with van der Waals surface area (Å²) in [4.78, 5) is 11.7. The Hall–Kier alpha value is -3.01. The minimum Gasteiger partial charge on any atom is -0.382 e. The second-order valence-electron chi connectivity index (χ2n) is 5.88. The molecule has 0 saturated carbocycles. The lowest BCUT2D eigenvalue weighted by Gasteiger charge is -2.12. The highest BCUT2D eigenvalue weighted by atomic mass is 16.2. The largest absolute Gasteiger partial charge is 0.382 e. The Bertz CT molecular complexity index is 747. The average molecular weight is 340 g/mol. The fraction of sp³-hybridized carbons (Fsp3) is 0.389. The van der Waals surface area contributed by atoms with E-state index in [9.17, 15) is 10.1 Å². The molecule has 132 valence electrons. The summed E-state index contributed by atoms with van der Waals surface area (Å²) in [7, 11) is 0. The first-order valence-electron chi connectivity index (χ1n) is 8.44. The first-order chi connectivity index (χ1) is 12.1. The second-order valence-corrected chi connectivity index (χ2v) is 5.88. The number of anilines is 1. The average Bonchev–Trinajstić information content (AvgIpc) is 2.94. The molecule has 2 aromatic rings. The molecule has 0 aliphatic rings. The van der Waals surface area contributed by atoms with Crippen molar-refractivity contribution >= 4 is 11.8 Å². The van der Waals surface area contributed by atoms with Crippen LogP contribution in [0.3, 0.4) is 0 Å². The fourth-order valence-corrected chi connectivity index (χ4v) is 2.38. The Balaban J connectivity index is 1.97. The van der Waals surface area contributed by atoms with Crippen LogP contribution in [0.25, 0.3) is 5.69 Å². The van der Waals surface area contributed by atoms with E-state index in [-0.39, 0.29) is 12.1 Å². The molecule has 2 rings (SSSR count). The molecule has 1 heterocycles. The molecule has 0 aliphatic carbocycles. The number of para-hydroxylation sites is 1. The number of aromatic nitrogens is 2. The van der Waals surface area contributed by atoms with E-state index in [0.717, 1.165) is 12.1 Å². The number of nitrogen functional groups attached to an aromatic ring is 1. The van der Waals surface area contributed by atoms with Gasteiger partial charge in [0.2, 0.25) is 0 Å². The third-order valence-electron chi connectivity index (χ3n) is 3.97. The van der Waals surface area contributed by atoms with E-state index in [1.807, 2.05) is 44.2 Å². The number of hydrogen-bond acceptors (Lipinski definition) is 4. The maximum Gasteiger partial charge on any atom is 0.314 e. The Morgan fingerprint density at radius 3 is 2.76 bits per heavy atom. The van der Waals surface area contributed by atoms with Crippen LogP contribution in [0.5, 0.6) is 0 Å². The van der Waals surface area contributed by atoms with E-state index in [1.165, 1.54) is 0 Å². The quantitative estimate of drug-likeness (QED) is 0.672. The van der Waals surface area contributed by atoms with Gasteiger partial charge in [-0.1, -0.05) is 25.1 Å².